The van der Waals surface area contributed by atoms with Crippen molar-refractivity contribution in [2.75, 3.05) is 5.32 Å². The van der Waals surface area contributed by atoms with Crippen molar-refractivity contribution in [3.63, 3.8) is 0 Å². The lowest BCUT2D eigenvalue weighted by Crippen LogP contribution is -2.20. The molecule has 2 aromatic heterocycles. The van der Waals surface area contributed by atoms with Crippen LogP contribution in [0.5, 0.6) is 0 Å². The molecular weight excluding hydrogens is 347 g/mol. The van der Waals surface area contributed by atoms with Gasteiger partial charge in [0.25, 0.3) is 5.56 Å². The molecular formula is C17H14ClFN4O2. The summed E-state index contributed by atoms with van der Waals surface area (Å²) in [5, 5.41) is 3.74. The third kappa shape index (κ3) is 3.46. The molecule has 0 bridgehead atoms. The lowest BCUT2D eigenvalue weighted by molar-refractivity contribution is 0.1000. The van der Waals surface area contributed by atoms with Gasteiger partial charge in [-0.3, -0.25) is 9.59 Å². The highest BCUT2D eigenvalue weighted by molar-refractivity contribution is 6.31. The zero-order valence-electron chi connectivity index (χ0n) is 13.1. The van der Waals surface area contributed by atoms with E-state index in [1.165, 1.54) is 18.3 Å². The average Bonchev–Trinajstić information content (AvgIpc) is 2.55. The quantitative estimate of drug-likeness (QED) is 0.665. The molecule has 128 valence electrons. The van der Waals surface area contributed by atoms with Crippen molar-refractivity contribution in [3.8, 4) is 0 Å². The monoisotopic (exact) mass is 360 g/mol. The van der Waals surface area contributed by atoms with Gasteiger partial charge in [-0.2, -0.15) is 0 Å². The zero-order chi connectivity index (χ0) is 18.1. The van der Waals surface area contributed by atoms with Gasteiger partial charge in [-0.25, -0.2) is 9.37 Å². The predicted octanol–water partition coefficient (Wildman–Crippen LogP) is 2.99. The van der Waals surface area contributed by atoms with Gasteiger partial charge in [-0.15, -0.1) is 0 Å². The Balaban J connectivity index is 1.98. The van der Waals surface area contributed by atoms with Crippen molar-refractivity contribution >= 4 is 34.2 Å². The molecule has 0 radical (unpaired) electrons. The van der Waals surface area contributed by atoms with Gasteiger partial charge in [0.05, 0.1) is 11.6 Å². The molecule has 6 nitrogen and oxygen atoms in total. The molecule has 8 heteroatoms. The number of hydrogen-bond acceptors (Lipinski definition) is 4. The maximum atomic E-state index is 13.9. The number of nitrogens with zero attached hydrogens (tertiary/aromatic N) is 1. The molecule has 2 heterocycles. The molecule has 1 atom stereocenters. The highest BCUT2D eigenvalue weighted by Crippen LogP contribution is 2.23. The fourth-order valence-corrected chi connectivity index (χ4v) is 2.76. The summed E-state index contributed by atoms with van der Waals surface area (Å²) in [6, 6.07) is 6.80. The first-order valence-corrected chi connectivity index (χ1v) is 7.77. The fourth-order valence-electron chi connectivity index (χ4n) is 2.54. The number of aromatic nitrogens is 2. The van der Waals surface area contributed by atoms with Crippen molar-refractivity contribution < 1.29 is 9.18 Å². The molecule has 0 aliphatic heterocycles. The number of rotatable bonds is 4. The number of aromatic amines is 1. The zero-order valence-corrected chi connectivity index (χ0v) is 13.9. The van der Waals surface area contributed by atoms with Crippen LogP contribution in [0.3, 0.4) is 0 Å². The predicted molar refractivity (Wildman–Crippen MR) is 94.3 cm³/mol. The number of nitrogens with one attached hydrogen (secondary N) is 2. The summed E-state index contributed by atoms with van der Waals surface area (Å²) in [5.74, 6) is -0.782. The second-order valence-corrected chi connectivity index (χ2v) is 6.00. The van der Waals surface area contributed by atoms with Crippen LogP contribution in [-0.4, -0.2) is 15.9 Å². The lowest BCUT2D eigenvalue weighted by atomic mass is 10.1. The van der Waals surface area contributed by atoms with Crippen LogP contribution in [0.4, 0.5) is 10.2 Å². The highest BCUT2D eigenvalue weighted by Gasteiger charge is 2.14. The van der Waals surface area contributed by atoms with E-state index in [9.17, 15) is 14.0 Å². The van der Waals surface area contributed by atoms with Crippen molar-refractivity contribution in [1.29, 1.82) is 0 Å². The number of benzene rings is 1. The van der Waals surface area contributed by atoms with Crippen LogP contribution in [0, 0.1) is 5.82 Å². The summed E-state index contributed by atoms with van der Waals surface area (Å²) in [6.07, 6.45) is 1.44. The van der Waals surface area contributed by atoms with Crippen LogP contribution in [0.2, 0.25) is 5.02 Å². The van der Waals surface area contributed by atoms with Crippen molar-refractivity contribution in [2.24, 2.45) is 5.73 Å². The van der Waals surface area contributed by atoms with E-state index in [0.29, 0.717) is 22.3 Å². The smallest absolute Gasteiger partial charge is 0.253 e. The fraction of sp³-hybridized carbons (Fsp3) is 0.118. The number of amides is 1. The number of nitrogens with two attached hydrogens (primary N) is 1. The minimum Gasteiger partial charge on any atom is -0.366 e. The third-order valence-corrected chi connectivity index (χ3v) is 3.99. The van der Waals surface area contributed by atoms with Crippen LogP contribution in [0.25, 0.3) is 10.9 Å². The van der Waals surface area contributed by atoms with Gasteiger partial charge in [0.15, 0.2) is 0 Å². The normalized spacial score (nSPS) is 12.1. The molecule has 0 aliphatic carbocycles. The van der Waals surface area contributed by atoms with Gasteiger partial charge in [0, 0.05) is 27.7 Å². The summed E-state index contributed by atoms with van der Waals surface area (Å²) in [7, 11) is 0. The number of anilines is 1. The number of pyridine rings is 2. The Kier molecular flexibility index (Phi) is 4.41. The van der Waals surface area contributed by atoms with Crippen molar-refractivity contribution in [3.05, 3.63) is 68.8 Å². The topological polar surface area (TPSA) is 101 Å². The minimum absolute atomic E-state index is 0.0965. The largest absolute Gasteiger partial charge is 0.366 e. The molecule has 0 fully saturated rings. The van der Waals surface area contributed by atoms with E-state index in [4.69, 9.17) is 17.3 Å². The van der Waals surface area contributed by atoms with Gasteiger partial charge in [-0.05, 0) is 37.3 Å². The lowest BCUT2D eigenvalue weighted by Gasteiger charge is -2.15. The van der Waals surface area contributed by atoms with E-state index in [1.54, 1.807) is 19.1 Å². The molecule has 0 aliphatic rings. The highest BCUT2D eigenvalue weighted by atomic mass is 35.5. The maximum Gasteiger partial charge on any atom is 0.253 e. The molecule has 0 saturated heterocycles. The van der Waals surface area contributed by atoms with E-state index >= 15 is 0 Å². The summed E-state index contributed by atoms with van der Waals surface area (Å²) in [4.78, 5) is 30.1. The van der Waals surface area contributed by atoms with E-state index in [-0.39, 0.29) is 10.5 Å². The first-order chi connectivity index (χ1) is 11.8. The number of fused-ring (bicyclic) bond motifs is 1. The Bertz CT molecular complexity index is 1030. The molecule has 4 N–H and O–H groups in total. The van der Waals surface area contributed by atoms with Crippen LogP contribution in [0.15, 0.2) is 41.3 Å². The minimum atomic E-state index is -0.595. The number of primary amides is 1. The van der Waals surface area contributed by atoms with Crippen LogP contribution in [0.1, 0.15) is 28.9 Å². The molecule has 1 aromatic carbocycles. The molecule has 25 heavy (non-hydrogen) atoms. The molecule has 0 saturated carbocycles. The van der Waals surface area contributed by atoms with Crippen molar-refractivity contribution in [1.82, 2.24) is 9.97 Å². The van der Waals surface area contributed by atoms with Gasteiger partial charge in [0.2, 0.25) is 5.91 Å². The van der Waals surface area contributed by atoms with Crippen LogP contribution >= 0.6 is 11.6 Å². The van der Waals surface area contributed by atoms with Gasteiger partial charge in [0.1, 0.15) is 11.6 Å². The Morgan fingerprint density at radius 2 is 2.12 bits per heavy atom. The maximum absolute atomic E-state index is 13.9. The Morgan fingerprint density at radius 1 is 1.36 bits per heavy atom. The number of carbonyl (C=O) groups excluding carboxylic acids is 1. The third-order valence-electron chi connectivity index (χ3n) is 3.77. The SMILES string of the molecule is C[C@H](Nc1cc(C(N)=O)ccn1)c1cc2cc(Cl)cc(F)c2[nH]c1=O. The first kappa shape index (κ1) is 16.9. The Labute approximate surface area is 146 Å². The number of H-pyrrole nitrogens is 1. The van der Waals surface area contributed by atoms with Crippen molar-refractivity contribution in [2.45, 2.75) is 13.0 Å². The molecule has 3 rings (SSSR count). The van der Waals surface area contributed by atoms with E-state index in [2.05, 4.69) is 15.3 Å². The average molecular weight is 361 g/mol. The molecule has 1 amide bonds. The Morgan fingerprint density at radius 3 is 2.84 bits per heavy atom. The van der Waals surface area contributed by atoms with E-state index in [0.717, 1.165) is 6.07 Å². The molecule has 0 spiro atoms. The summed E-state index contributed by atoms with van der Waals surface area (Å²) < 4.78 is 13.9. The second kappa shape index (κ2) is 6.52. The van der Waals surface area contributed by atoms with E-state index < -0.39 is 23.3 Å². The standard InChI is InChI=1S/C17H14ClFN4O2/c1-8(22-14-6-9(16(20)24)2-3-21-14)12-5-10-4-11(18)7-13(19)15(10)23-17(12)25/h2-8H,1H3,(H2,20,24)(H,21,22)(H,23,25)/t8-/m0/s1. The number of carbonyl (C=O) groups is 1. The first-order valence-electron chi connectivity index (χ1n) is 7.39. The molecule has 0 unspecified atom stereocenters. The van der Waals surface area contributed by atoms with E-state index in [1.807, 2.05) is 0 Å². The number of hydrogen-bond donors (Lipinski definition) is 3. The molecule has 3 aromatic rings. The van der Waals surface area contributed by atoms with Crippen LogP contribution in [-0.2, 0) is 0 Å². The second-order valence-electron chi connectivity index (χ2n) is 5.57. The summed E-state index contributed by atoms with van der Waals surface area (Å²) in [6.45, 7) is 1.75. The Hall–Kier alpha value is -2.93. The van der Waals surface area contributed by atoms with Crippen LogP contribution < -0.4 is 16.6 Å². The summed E-state index contributed by atoms with van der Waals surface area (Å²) in [5.41, 5.74) is 5.58. The van der Waals surface area contributed by atoms with Gasteiger partial charge < -0.3 is 16.0 Å². The van der Waals surface area contributed by atoms with Gasteiger partial charge in [-0.1, -0.05) is 11.6 Å². The summed E-state index contributed by atoms with van der Waals surface area (Å²) >= 11 is 5.87. The number of halogens is 2. The van der Waals surface area contributed by atoms with Gasteiger partial charge >= 0.3 is 0 Å².